The number of hydrogen-bond donors (Lipinski definition) is 1. The van der Waals surface area contributed by atoms with Gasteiger partial charge in [-0.15, -0.1) is 0 Å². The van der Waals surface area contributed by atoms with Gasteiger partial charge in [0.15, 0.2) is 6.10 Å². The van der Waals surface area contributed by atoms with Crippen LogP contribution in [0.15, 0.2) is 149 Å². The van der Waals surface area contributed by atoms with E-state index in [9.17, 15) is 19.6 Å². The minimum absolute atomic E-state index is 0.0342. The highest BCUT2D eigenvalue weighted by atomic mass is 31.2. The van der Waals surface area contributed by atoms with Crippen LogP contribution >= 0.6 is 8.53 Å². The lowest BCUT2D eigenvalue weighted by Gasteiger charge is -2.46. The number of hydrogen-bond acceptors (Lipinski definition) is 12. The highest BCUT2D eigenvalue weighted by Crippen LogP contribution is 2.51. The zero-order valence-corrected chi connectivity index (χ0v) is 41.1. The van der Waals surface area contributed by atoms with Gasteiger partial charge in [0, 0.05) is 29.8 Å². The van der Waals surface area contributed by atoms with Crippen LogP contribution in [0.5, 0.6) is 5.75 Å². The largest absolute Gasteiger partial charge is 0.508 e. The molecule has 14 nitrogen and oxygen atoms in total. The molecule has 0 spiro atoms. The van der Waals surface area contributed by atoms with Crippen molar-refractivity contribution in [2.45, 2.75) is 89.0 Å². The molecule has 0 bridgehead atoms. The van der Waals surface area contributed by atoms with Crippen molar-refractivity contribution in [2.75, 3.05) is 33.5 Å². The predicted octanol–water partition coefficient (Wildman–Crippen LogP) is 9.80. The zero-order chi connectivity index (χ0) is 49.4. The number of fused-ring (bicyclic) bond motifs is 3. The Labute approximate surface area is 409 Å². The van der Waals surface area contributed by atoms with Crippen molar-refractivity contribution in [3.63, 3.8) is 0 Å². The number of ether oxygens (including phenoxy) is 5. The second-order valence-electron chi connectivity index (χ2n) is 17.9. The van der Waals surface area contributed by atoms with Crippen LogP contribution in [0.25, 0.3) is 11.1 Å². The van der Waals surface area contributed by atoms with Gasteiger partial charge < -0.3 is 32.7 Å². The molecule has 1 fully saturated rings. The van der Waals surface area contributed by atoms with Gasteiger partial charge in [0.25, 0.3) is 14.1 Å². The van der Waals surface area contributed by atoms with Gasteiger partial charge in [-0.3, -0.25) is 14.3 Å². The number of carbonyl (C=O) groups is 1. The summed E-state index contributed by atoms with van der Waals surface area (Å²) in [6.07, 6.45) is -2.97. The fourth-order valence-corrected chi connectivity index (χ4v) is 11.4. The summed E-state index contributed by atoms with van der Waals surface area (Å²) in [7, 11) is -0.402. The van der Waals surface area contributed by atoms with Gasteiger partial charge in [-0.25, -0.2) is 14.3 Å². The summed E-state index contributed by atoms with van der Waals surface area (Å²) in [6, 6.07) is 44.4. The smallest absolute Gasteiger partial charge is 0.497 e. The van der Waals surface area contributed by atoms with Crippen molar-refractivity contribution in [3.05, 3.63) is 194 Å². The molecule has 5 atom stereocenters. The number of aromatic amines is 1. The lowest BCUT2D eigenvalue weighted by atomic mass is 9.80. The first-order chi connectivity index (χ1) is 33.9. The maximum absolute atomic E-state index is 14.5. The molecule has 2 heterocycles. The van der Waals surface area contributed by atoms with Gasteiger partial charge in [-0.05, 0) is 85.7 Å². The summed E-state index contributed by atoms with van der Waals surface area (Å²) in [5, 5.41) is 9.61. The molecule has 15 heteroatoms. The monoisotopic (exact) mass is 966 g/mol. The second-order valence-corrected chi connectivity index (χ2v) is 19.3. The Hall–Kier alpha value is -6.43. The minimum atomic E-state index is -2.02. The van der Waals surface area contributed by atoms with E-state index in [1.807, 2.05) is 149 Å². The molecule has 1 aromatic heterocycles. The summed E-state index contributed by atoms with van der Waals surface area (Å²) < 4.78 is 49.4. The summed E-state index contributed by atoms with van der Waals surface area (Å²) in [4.78, 5) is 43.5. The fourth-order valence-electron chi connectivity index (χ4n) is 9.59. The van der Waals surface area contributed by atoms with Gasteiger partial charge in [0.05, 0.1) is 39.4 Å². The molecule has 70 heavy (non-hydrogen) atoms. The Morgan fingerprint density at radius 3 is 1.96 bits per heavy atom. The van der Waals surface area contributed by atoms with Crippen LogP contribution in [0.2, 0.25) is 0 Å². The van der Waals surface area contributed by atoms with Crippen LogP contribution in [0.4, 0.5) is 4.79 Å². The number of methoxy groups -OCH3 is 1. The third-order valence-electron chi connectivity index (χ3n) is 12.8. The first kappa shape index (κ1) is 50.0. The first-order valence-corrected chi connectivity index (χ1v) is 24.7. The molecule has 0 saturated carbocycles. The zero-order valence-electron chi connectivity index (χ0n) is 40.2. The Balaban J connectivity index is 1.23. The van der Waals surface area contributed by atoms with Crippen molar-refractivity contribution < 1.29 is 37.5 Å². The average Bonchev–Trinajstić information content (AvgIpc) is 3.69. The second kappa shape index (κ2) is 22.5. The number of aryl methyl sites for hydroxylation is 1. The number of H-pyrrole nitrogens is 1. The number of benzene rings is 5. The quantitative estimate of drug-likeness (QED) is 0.0354. The SMILES string of the molecule is COc1ccc(C(OC[C@H]2OC[C@@H](n3cc(C)c(=O)[nH]c3=O)[C@H](OC(=O)OCC3c4ccccc4-c4ccccc43)[C@@H]2OP(OCCC#N)N(C(C)C)C(C)C)(c2ccccc2)c2ccccc2)cc1. The molecule has 5 aromatic carbocycles. The van der Waals surface area contributed by atoms with Crippen LogP contribution < -0.4 is 16.0 Å². The van der Waals surface area contributed by atoms with Crippen molar-refractivity contribution in [2.24, 2.45) is 0 Å². The van der Waals surface area contributed by atoms with Crippen LogP contribution in [0, 0.1) is 18.3 Å². The molecule has 2 aliphatic rings. The van der Waals surface area contributed by atoms with Crippen LogP contribution in [-0.4, -0.2) is 84.3 Å². The summed E-state index contributed by atoms with van der Waals surface area (Å²) in [6.45, 7) is 9.37. The molecule has 1 aliphatic carbocycles. The molecule has 1 aliphatic heterocycles. The molecular weight excluding hydrogens is 908 g/mol. The number of nitrogens with one attached hydrogen (secondary N) is 1. The van der Waals surface area contributed by atoms with E-state index in [4.69, 9.17) is 32.7 Å². The molecule has 1 N–H and O–H groups in total. The van der Waals surface area contributed by atoms with Gasteiger partial charge in [-0.1, -0.05) is 121 Å². The number of carbonyl (C=O) groups excluding carboxylic acids is 1. The maximum atomic E-state index is 14.5. The lowest BCUT2D eigenvalue weighted by molar-refractivity contribution is -0.184. The molecular formula is C55H59N4O10P. The molecule has 1 saturated heterocycles. The molecule has 8 rings (SSSR count). The van der Waals surface area contributed by atoms with Crippen molar-refractivity contribution in [1.82, 2.24) is 14.2 Å². The fraction of sp³-hybridized carbons (Fsp3) is 0.345. The van der Waals surface area contributed by atoms with E-state index >= 15 is 0 Å². The number of rotatable bonds is 19. The van der Waals surface area contributed by atoms with E-state index in [-0.39, 0.29) is 56.4 Å². The van der Waals surface area contributed by atoms with E-state index in [0.717, 1.165) is 38.9 Å². The normalized spacial score (nSPS) is 18.3. The summed E-state index contributed by atoms with van der Waals surface area (Å²) in [5.74, 6) is 0.400. The molecule has 0 amide bonds. The Morgan fingerprint density at radius 1 is 0.814 bits per heavy atom. The third kappa shape index (κ3) is 10.5. The highest BCUT2D eigenvalue weighted by Gasteiger charge is 2.50. The highest BCUT2D eigenvalue weighted by molar-refractivity contribution is 7.44. The van der Waals surface area contributed by atoms with E-state index < -0.39 is 55.9 Å². The number of nitrogens with zero attached hydrogens (tertiary/aromatic N) is 3. The molecule has 6 aromatic rings. The van der Waals surface area contributed by atoms with E-state index in [1.54, 1.807) is 14.0 Å². The lowest BCUT2D eigenvalue weighted by Crippen LogP contribution is -2.57. The van der Waals surface area contributed by atoms with Crippen molar-refractivity contribution in [1.29, 1.82) is 5.26 Å². The first-order valence-electron chi connectivity index (χ1n) is 23.5. The van der Waals surface area contributed by atoms with Crippen molar-refractivity contribution in [3.8, 4) is 22.9 Å². The van der Waals surface area contributed by atoms with E-state index in [0.29, 0.717) is 5.75 Å². The van der Waals surface area contributed by atoms with E-state index in [1.165, 1.54) is 10.8 Å². The summed E-state index contributed by atoms with van der Waals surface area (Å²) >= 11 is 0. The molecule has 0 radical (unpaired) electrons. The Kier molecular flexibility index (Phi) is 16.1. The maximum Gasteiger partial charge on any atom is 0.508 e. The van der Waals surface area contributed by atoms with Gasteiger partial charge in [0.2, 0.25) is 0 Å². The predicted molar refractivity (Wildman–Crippen MR) is 267 cm³/mol. The number of aromatic nitrogens is 2. The van der Waals surface area contributed by atoms with Crippen LogP contribution in [0.3, 0.4) is 0 Å². The van der Waals surface area contributed by atoms with Gasteiger partial charge >= 0.3 is 11.8 Å². The van der Waals surface area contributed by atoms with E-state index in [2.05, 4.69) is 27.9 Å². The van der Waals surface area contributed by atoms with Gasteiger partial charge in [0.1, 0.15) is 36.2 Å². The van der Waals surface area contributed by atoms with Crippen LogP contribution in [0.1, 0.15) is 79.5 Å². The van der Waals surface area contributed by atoms with Crippen molar-refractivity contribution >= 4 is 14.7 Å². The topological polar surface area (TPSA) is 164 Å². The molecule has 364 valence electrons. The molecule has 1 unspecified atom stereocenters. The van der Waals surface area contributed by atoms with Gasteiger partial charge in [-0.2, -0.15) is 5.26 Å². The Morgan fingerprint density at radius 2 is 1.39 bits per heavy atom. The summed E-state index contributed by atoms with van der Waals surface area (Å²) in [5.41, 5.74) is 4.36. The van der Waals surface area contributed by atoms with Crippen LogP contribution in [-0.2, 0) is 33.6 Å². The minimum Gasteiger partial charge on any atom is -0.497 e. The Bertz CT molecular complexity index is 2780. The number of nitriles is 1. The average molecular weight is 967 g/mol. The third-order valence-corrected chi connectivity index (χ3v) is 14.9. The standard InChI is InChI=1S/C55H59N4O10P/c1-36(2)59(37(3)4)70(67-31-17-30-56)69-51-49(35-66-55(39-18-9-7-10-19-39,40-20-11-8-12-21-40)41-26-28-42(63-6)29-27-41)64-34-48(58-32-38(5)52(60)57-53(58)61)50(51)68-54(62)65-33-47-45-24-15-13-22-43(45)44-23-14-16-25-46(44)47/h7-16,18-29,32,36-37,47-51H,17,31,33-35H2,1-6H3,(H,57,60,61)/t48-,49-,50+,51-,70?/m1/s1.